The van der Waals surface area contributed by atoms with Crippen molar-refractivity contribution in [2.75, 3.05) is 0 Å². The van der Waals surface area contributed by atoms with E-state index in [1.807, 2.05) is 0 Å². The topological polar surface area (TPSA) is 20.2 Å². The maximum Gasteiger partial charge on any atom is 0.0601 e. The van der Waals surface area contributed by atoms with E-state index in [-0.39, 0.29) is 6.10 Å². The minimum atomic E-state index is -0.130. The van der Waals surface area contributed by atoms with Crippen LogP contribution in [0, 0.1) is 22.7 Å². The highest BCUT2D eigenvalue weighted by Gasteiger charge is 2.67. The summed E-state index contributed by atoms with van der Waals surface area (Å²) in [5, 5.41) is 9.94. The van der Waals surface area contributed by atoms with E-state index in [0.29, 0.717) is 22.7 Å². The van der Waals surface area contributed by atoms with Gasteiger partial charge in [-0.15, -0.1) is 0 Å². The Morgan fingerprint density at radius 1 is 1.00 bits per heavy atom. The van der Waals surface area contributed by atoms with Gasteiger partial charge >= 0.3 is 0 Å². The van der Waals surface area contributed by atoms with E-state index >= 15 is 0 Å². The molecule has 0 bridgehead atoms. The van der Waals surface area contributed by atoms with Gasteiger partial charge in [0.2, 0.25) is 0 Å². The van der Waals surface area contributed by atoms with Crippen LogP contribution in [0.15, 0.2) is 0 Å². The Kier molecular flexibility index (Phi) is 2.07. The van der Waals surface area contributed by atoms with Crippen molar-refractivity contribution in [2.24, 2.45) is 22.7 Å². The summed E-state index contributed by atoms with van der Waals surface area (Å²) in [6.07, 6.45) is -0.130. The van der Waals surface area contributed by atoms with Gasteiger partial charge in [0.15, 0.2) is 0 Å². The summed E-state index contributed by atoms with van der Waals surface area (Å²) in [4.78, 5) is 0. The first-order valence-electron chi connectivity index (χ1n) is 4.91. The molecule has 0 amide bonds. The van der Waals surface area contributed by atoms with Gasteiger partial charge in [-0.25, -0.2) is 0 Å². The molecule has 0 radical (unpaired) electrons. The van der Waals surface area contributed by atoms with Crippen LogP contribution < -0.4 is 0 Å². The van der Waals surface area contributed by atoms with Crippen LogP contribution in [0.1, 0.15) is 41.5 Å². The molecule has 1 nitrogen and oxygen atoms in total. The average molecular weight is 170 g/mol. The third-order valence-corrected chi connectivity index (χ3v) is 4.16. The smallest absolute Gasteiger partial charge is 0.0601 e. The van der Waals surface area contributed by atoms with Crippen LogP contribution >= 0.6 is 0 Å². The summed E-state index contributed by atoms with van der Waals surface area (Å²) >= 11 is 0. The fourth-order valence-electron chi connectivity index (χ4n) is 2.49. The summed E-state index contributed by atoms with van der Waals surface area (Å²) in [5.41, 5.74) is 0.632. The second-order valence-electron chi connectivity index (χ2n) is 5.66. The molecular formula is C11H22O. The summed E-state index contributed by atoms with van der Waals surface area (Å²) in [7, 11) is 0. The van der Waals surface area contributed by atoms with Crippen molar-refractivity contribution in [2.45, 2.75) is 47.6 Å². The van der Waals surface area contributed by atoms with Crippen LogP contribution in [0.25, 0.3) is 0 Å². The molecule has 1 aliphatic carbocycles. The Balaban J connectivity index is 2.70. The molecule has 0 aromatic heterocycles. The molecule has 12 heavy (non-hydrogen) atoms. The summed E-state index contributed by atoms with van der Waals surface area (Å²) < 4.78 is 0. The quantitative estimate of drug-likeness (QED) is 0.675. The second kappa shape index (κ2) is 2.47. The van der Waals surface area contributed by atoms with E-state index in [9.17, 15) is 5.11 Å². The molecule has 72 valence electrons. The van der Waals surface area contributed by atoms with Gasteiger partial charge in [-0.3, -0.25) is 0 Å². The Bertz CT molecular complexity index is 165. The fourth-order valence-corrected chi connectivity index (χ4v) is 2.49. The molecule has 1 saturated carbocycles. The van der Waals surface area contributed by atoms with Gasteiger partial charge in [-0.2, -0.15) is 0 Å². The van der Waals surface area contributed by atoms with E-state index in [2.05, 4.69) is 41.5 Å². The third-order valence-electron chi connectivity index (χ3n) is 4.16. The van der Waals surface area contributed by atoms with Gasteiger partial charge in [0.05, 0.1) is 6.10 Å². The number of aliphatic hydroxyl groups is 1. The van der Waals surface area contributed by atoms with Gasteiger partial charge in [-0.05, 0) is 22.7 Å². The lowest BCUT2D eigenvalue weighted by Crippen LogP contribution is -2.20. The minimum absolute atomic E-state index is 0.130. The first-order chi connectivity index (χ1) is 5.23. The first kappa shape index (κ1) is 10.0. The van der Waals surface area contributed by atoms with Crippen LogP contribution in [0.4, 0.5) is 0 Å². The molecule has 1 unspecified atom stereocenters. The SMILES string of the molecule is CC(C)C(O)C1C(C)(C)C1(C)C. The van der Waals surface area contributed by atoms with Crippen LogP contribution in [0.5, 0.6) is 0 Å². The number of aliphatic hydroxyl groups excluding tert-OH is 1. The molecule has 0 aliphatic heterocycles. The van der Waals surface area contributed by atoms with Crippen molar-refractivity contribution in [3.8, 4) is 0 Å². The fraction of sp³-hybridized carbons (Fsp3) is 1.00. The second-order valence-corrected chi connectivity index (χ2v) is 5.66. The maximum absolute atomic E-state index is 9.94. The molecule has 0 aromatic rings. The summed E-state index contributed by atoms with van der Waals surface area (Å²) in [5.74, 6) is 0.862. The van der Waals surface area contributed by atoms with Gasteiger partial charge in [0.25, 0.3) is 0 Å². The molecule has 1 N–H and O–H groups in total. The number of hydrogen-bond donors (Lipinski definition) is 1. The molecule has 1 atom stereocenters. The van der Waals surface area contributed by atoms with Crippen molar-refractivity contribution in [1.82, 2.24) is 0 Å². The Morgan fingerprint density at radius 3 is 1.42 bits per heavy atom. The van der Waals surface area contributed by atoms with Gasteiger partial charge in [0.1, 0.15) is 0 Å². The highest BCUT2D eigenvalue weighted by Crippen LogP contribution is 2.70. The van der Waals surface area contributed by atoms with E-state index < -0.39 is 0 Å². The lowest BCUT2D eigenvalue weighted by atomic mass is 9.97. The van der Waals surface area contributed by atoms with Gasteiger partial charge < -0.3 is 5.11 Å². The molecule has 0 saturated heterocycles. The Morgan fingerprint density at radius 2 is 1.33 bits per heavy atom. The number of rotatable bonds is 2. The maximum atomic E-state index is 9.94. The molecular weight excluding hydrogens is 148 g/mol. The van der Waals surface area contributed by atoms with Crippen LogP contribution in [-0.4, -0.2) is 11.2 Å². The van der Waals surface area contributed by atoms with Crippen molar-refractivity contribution < 1.29 is 5.11 Å². The number of hydrogen-bond acceptors (Lipinski definition) is 1. The Labute approximate surface area is 76.2 Å². The molecule has 1 aliphatic rings. The zero-order chi connectivity index (χ0) is 9.73. The van der Waals surface area contributed by atoms with E-state index in [1.165, 1.54) is 0 Å². The summed E-state index contributed by atoms with van der Waals surface area (Å²) in [6, 6.07) is 0. The largest absolute Gasteiger partial charge is 0.393 e. The minimum Gasteiger partial charge on any atom is -0.393 e. The van der Waals surface area contributed by atoms with E-state index in [4.69, 9.17) is 0 Å². The lowest BCUT2D eigenvalue weighted by molar-refractivity contribution is 0.0839. The Hall–Kier alpha value is -0.0400. The standard InChI is InChI=1S/C11H22O/c1-7(2)8(12)9-10(3,4)11(9,5)6/h7-9,12H,1-6H3. The van der Waals surface area contributed by atoms with E-state index in [1.54, 1.807) is 0 Å². The van der Waals surface area contributed by atoms with Crippen molar-refractivity contribution >= 4 is 0 Å². The molecule has 0 spiro atoms. The summed E-state index contributed by atoms with van der Waals surface area (Å²) in [6.45, 7) is 13.2. The van der Waals surface area contributed by atoms with Crippen LogP contribution in [0.2, 0.25) is 0 Å². The molecule has 1 heteroatoms. The highest BCUT2D eigenvalue weighted by atomic mass is 16.3. The monoisotopic (exact) mass is 170 g/mol. The van der Waals surface area contributed by atoms with Gasteiger partial charge in [0, 0.05) is 0 Å². The lowest BCUT2D eigenvalue weighted by Gasteiger charge is -2.16. The van der Waals surface area contributed by atoms with Crippen LogP contribution in [0.3, 0.4) is 0 Å². The predicted octanol–water partition coefficient (Wildman–Crippen LogP) is 2.69. The molecule has 1 rings (SSSR count). The molecule has 1 fully saturated rings. The zero-order valence-electron chi connectivity index (χ0n) is 9.18. The van der Waals surface area contributed by atoms with E-state index in [0.717, 1.165) is 0 Å². The average Bonchev–Trinajstić information content (AvgIpc) is 2.23. The van der Waals surface area contributed by atoms with Gasteiger partial charge in [-0.1, -0.05) is 41.5 Å². The third kappa shape index (κ3) is 1.10. The van der Waals surface area contributed by atoms with Crippen molar-refractivity contribution in [3.05, 3.63) is 0 Å². The molecule has 0 aromatic carbocycles. The van der Waals surface area contributed by atoms with Crippen molar-refractivity contribution in [3.63, 3.8) is 0 Å². The highest BCUT2D eigenvalue weighted by molar-refractivity contribution is 5.15. The zero-order valence-corrected chi connectivity index (χ0v) is 9.18. The predicted molar refractivity (Wildman–Crippen MR) is 51.9 cm³/mol. The van der Waals surface area contributed by atoms with Crippen LogP contribution in [-0.2, 0) is 0 Å². The first-order valence-corrected chi connectivity index (χ1v) is 4.91. The molecule has 0 heterocycles. The normalized spacial score (nSPS) is 29.0. The van der Waals surface area contributed by atoms with Crippen molar-refractivity contribution in [1.29, 1.82) is 0 Å².